The average molecular weight is 287 g/mol. The number of aromatic nitrogens is 1. The minimum Gasteiger partial charge on any atom is -0.375 e. The molecule has 1 N–H and O–H groups in total. The predicted molar refractivity (Wildman–Crippen MR) is 86.8 cm³/mol. The van der Waals surface area contributed by atoms with Crippen molar-refractivity contribution in [2.24, 2.45) is 0 Å². The molecular formula is C16H21N3S. The molecule has 0 bridgehead atoms. The summed E-state index contributed by atoms with van der Waals surface area (Å²) in [6, 6.07) is 8.86. The van der Waals surface area contributed by atoms with Gasteiger partial charge in [-0.05, 0) is 51.0 Å². The first-order valence-corrected chi connectivity index (χ1v) is 8.08. The lowest BCUT2D eigenvalue weighted by Crippen LogP contribution is -2.21. The van der Waals surface area contributed by atoms with E-state index in [4.69, 9.17) is 0 Å². The van der Waals surface area contributed by atoms with Gasteiger partial charge >= 0.3 is 0 Å². The molecule has 3 heterocycles. The maximum Gasteiger partial charge on any atom is 0.151 e. The van der Waals surface area contributed by atoms with Crippen LogP contribution < -0.4 is 10.2 Å². The highest BCUT2D eigenvalue weighted by molar-refractivity contribution is 7.12. The first-order chi connectivity index (χ1) is 9.74. The van der Waals surface area contributed by atoms with Gasteiger partial charge in [0.05, 0.1) is 11.7 Å². The van der Waals surface area contributed by atoms with Crippen LogP contribution >= 0.6 is 11.3 Å². The Morgan fingerprint density at radius 3 is 2.75 bits per heavy atom. The van der Waals surface area contributed by atoms with E-state index < -0.39 is 0 Å². The first-order valence-electron chi connectivity index (χ1n) is 7.27. The highest BCUT2D eigenvalue weighted by Gasteiger charge is 2.18. The SMILES string of the molecule is Cc1ccc(C(C)Nc2cccnc2N2CCCC2)s1. The zero-order valence-corrected chi connectivity index (χ0v) is 12.9. The lowest BCUT2D eigenvalue weighted by Gasteiger charge is -2.22. The van der Waals surface area contributed by atoms with Gasteiger partial charge in [0.15, 0.2) is 5.82 Å². The fourth-order valence-electron chi connectivity index (χ4n) is 2.68. The molecule has 2 aromatic rings. The third kappa shape index (κ3) is 2.80. The topological polar surface area (TPSA) is 28.2 Å². The Kier molecular flexibility index (Phi) is 3.92. The molecule has 0 spiro atoms. The molecule has 1 unspecified atom stereocenters. The van der Waals surface area contributed by atoms with Gasteiger partial charge in [-0.25, -0.2) is 4.98 Å². The van der Waals surface area contributed by atoms with Gasteiger partial charge < -0.3 is 10.2 Å². The molecule has 106 valence electrons. The number of anilines is 2. The molecular weight excluding hydrogens is 266 g/mol. The van der Waals surface area contributed by atoms with Crippen molar-refractivity contribution in [3.8, 4) is 0 Å². The van der Waals surface area contributed by atoms with Gasteiger partial charge in [0, 0.05) is 29.0 Å². The van der Waals surface area contributed by atoms with Gasteiger partial charge in [0.1, 0.15) is 0 Å². The molecule has 3 nitrogen and oxygen atoms in total. The number of pyridine rings is 1. The molecule has 0 aliphatic carbocycles. The van der Waals surface area contributed by atoms with Crippen molar-refractivity contribution >= 4 is 22.8 Å². The van der Waals surface area contributed by atoms with Crippen molar-refractivity contribution < 1.29 is 0 Å². The molecule has 1 aliphatic heterocycles. The van der Waals surface area contributed by atoms with Gasteiger partial charge in [-0.3, -0.25) is 0 Å². The summed E-state index contributed by atoms with van der Waals surface area (Å²) in [5.41, 5.74) is 1.15. The van der Waals surface area contributed by atoms with Gasteiger partial charge in [-0.2, -0.15) is 0 Å². The minimum absolute atomic E-state index is 0.319. The minimum atomic E-state index is 0.319. The zero-order valence-electron chi connectivity index (χ0n) is 12.1. The van der Waals surface area contributed by atoms with Gasteiger partial charge in [0.25, 0.3) is 0 Å². The third-order valence-electron chi connectivity index (χ3n) is 3.75. The second-order valence-corrected chi connectivity index (χ2v) is 6.70. The van der Waals surface area contributed by atoms with Crippen LogP contribution in [0.25, 0.3) is 0 Å². The van der Waals surface area contributed by atoms with E-state index in [1.54, 1.807) is 0 Å². The fraction of sp³-hybridized carbons (Fsp3) is 0.438. The average Bonchev–Trinajstić information content (AvgIpc) is 3.10. The molecule has 2 aromatic heterocycles. The van der Waals surface area contributed by atoms with Crippen molar-refractivity contribution in [2.75, 3.05) is 23.3 Å². The second-order valence-electron chi connectivity index (χ2n) is 5.38. The normalized spacial score (nSPS) is 16.4. The van der Waals surface area contributed by atoms with E-state index in [1.165, 1.54) is 22.6 Å². The van der Waals surface area contributed by atoms with E-state index in [-0.39, 0.29) is 0 Å². The number of nitrogens with zero attached hydrogens (tertiary/aromatic N) is 2. The Labute approximate surface area is 124 Å². The lowest BCUT2D eigenvalue weighted by atomic mass is 10.2. The van der Waals surface area contributed by atoms with E-state index in [9.17, 15) is 0 Å². The van der Waals surface area contributed by atoms with Crippen LogP contribution in [0.3, 0.4) is 0 Å². The van der Waals surface area contributed by atoms with Crippen molar-refractivity contribution in [1.82, 2.24) is 4.98 Å². The Hall–Kier alpha value is -1.55. The van der Waals surface area contributed by atoms with Crippen molar-refractivity contribution in [3.05, 3.63) is 40.2 Å². The van der Waals surface area contributed by atoms with Crippen molar-refractivity contribution in [2.45, 2.75) is 32.7 Å². The smallest absolute Gasteiger partial charge is 0.151 e. The largest absolute Gasteiger partial charge is 0.375 e. The summed E-state index contributed by atoms with van der Waals surface area (Å²) in [5.74, 6) is 1.10. The van der Waals surface area contributed by atoms with Crippen molar-refractivity contribution in [3.63, 3.8) is 0 Å². The van der Waals surface area contributed by atoms with Crippen LogP contribution in [-0.4, -0.2) is 18.1 Å². The molecule has 1 atom stereocenters. The van der Waals surface area contributed by atoms with Crippen LogP contribution in [0, 0.1) is 6.92 Å². The fourth-order valence-corrected chi connectivity index (χ4v) is 3.56. The van der Waals surface area contributed by atoms with Crippen LogP contribution in [0.1, 0.15) is 35.6 Å². The number of nitrogens with one attached hydrogen (secondary N) is 1. The second kappa shape index (κ2) is 5.83. The molecule has 0 aromatic carbocycles. The number of thiophene rings is 1. The molecule has 20 heavy (non-hydrogen) atoms. The van der Waals surface area contributed by atoms with E-state index in [2.05, 4.69) is 47.2 Å². The van der Waals surface area contributed by atoms with E-state index in [0.717, 1.165) is 24.6 Å². The first kappa shape index (κ1) is 13.4. The molecule has 4 heteroatoms. The number of hydrogen-bond donors (Lipinski definition) is 1. The molecule has 0 saturated carbocycles. The van der Waals surface area contributed by atoms with E-state index in [0.29, 0.717) is 6.04 Å². The van der Waals surface area contributed by atoms with E-state index in [1.807, 2.05) is 23.6 Å². The predicted octanol–water partition coefficient (Wildman–Crippen LogP) is 4.22. The quantitative estimate of drug-likeness (QED) is 0.912. The standard InChI is InChI=1S/C16H21N3S/c1-12-7-8-15(20-12)13(2)18-14-6-5-9-17-16(14)19-10-3-4-11-19/h5-9,13,18H,3-4,10-11H2,1-2H3. The maximum absolute atomic E-state index is 4.58. The summed E-state index contributed by atoms with van der Waals surface area (Å²) in [4.78, 5) is 9.70. The van der Waals surface area contributed by atoms with Crippen LogP contribution in [0.5, 0.6) is 0 Å². The lowest BCUT2D eigenvalue weighted by molar-refractivity contribution is 0.888. The monoisotopic (exact) mass is 287 g/mol. The zero-order chi connectivity index (χ0) is 13.9. The summed E-state index contributed by atoms with van der Waals surface area (Å²) in [6.07, 6.45) is 4.43. The summed E-state index contributed by atoms with van der Waals surface area (Å²) in [7, 11) is 0. The maximum atomic E-state index is 4.58. The van der Waals surface area contributed by atoms with Gasteiger partial charge in [-0.15, -0.1) is 11.3 Å². The Morgan fingerprint density at radius 2 is 2.05 bits per heavy atom. The van der Waals surface area contributed by atoms with Crippen LogP contribution in [0.2, 0.25) is 0 Å². The Morgan fingerprint density at radius 1 is 1.25 bits per heavy atom. The molecule has 1 fully saturated rings. The summed E-state index contributed by atoms with van der Waals surface area (Å²) in [5, 5.41) is 3.62. The molecule has 0 radical (unpaired) electrons. The Bertz CT molecular complexity index is 573. The van der Waals surface area contributed by atoms with Gasteiger partial charge in [-0.1, -0.05) is 0 Å². The van der Waals surface area contributed by atoms with Gasteiger partial charge in [0.2, 0.25) is 0 Å². The van der Waals surface area contributed by atoms with Crippen LogP contribution in [0.15, 0.2) is 30.5 Å². The molecule has 3 rings (SSSR count). The molecule has 1 saturated heterocycles. The summed E-state index contributed by atoms with van der Waals surface area (Å²) in [6.45, 7) is 6.61. The number of hydrogen-bond acceptors (Lipinski definition) is 4. The van der Waals surface area contributed by atoms with E-state index >= 15 is 0 Å². The number of rotatable bonds is 4. The number of aryl methyl sites for hydroxylation is 1. The highest BCUT2D eigenvalue weighted by atomic mass is 32.1. The van der Waals surface area contributed by atoms with Crippen molar-refractivity contribution in [1.29, 1.82) is 0 Å². The molecule has 0 amide bonds. The summed E-state index contributed by atoms with van der Waals surface area (Å²) >= 11 is 1.86. The highest BCUT2D eigenvalue weighted by Crippen LogP contribution is 2.31. The third-order valence-corrected chi connectivity index (χ3v) is 4.94. The Balaban J connectivity index is 1.79. The molecule has 1 aliphatic rings. The van der Waals surface area contributed by atoms with Crippen LogP contribution in [-0.2, 0) is 0 Å². The van der Waals surface area contributed by atoms with Crippen LogP contribution in [0.4, 0.5) is 11.5 Å². The summed E-state index contributed by atoms with van der Waals surface area (Å²) < 4.78 is 0.